The van der Waals surface area contributed by atoms with Crippen LogP contribution in [0.25, 0.3) is 0 Å². The van der Waals surface area contributed by atoms with Crippen LogP contribution in [0.2, 0.25) is 0 Å². The van der Waals surface area contributed by atoms with E-state index in [4.69, 9.17) is 18.9 Å². The highest BCUT2D eigenvalue weighted by Crippen LogP contribution is 2.78. The van der Waals surface area contributed by atoms with Gasteiger partial charge in [0.25, 0.3) is 0 Å². The minimum atomic E-state index is -0.880. The number of methoxy groups -OCH3 is 1. The van der Waals surface area contributed by atoms with E-state index in [9.17, 15) is 14.4 Å². The molecule has 1 aliphatic heterocycles. The molecule has 5 rings (SSSR count). The maximum absolute atomic E-state index is 13.5. The smallest absolute Gasteiger partial charge is 0.316 e. The van der Waals surface area contributed by atoms with Gasteiger partial charge in [-0.1, -0.05) is 18.7 Å². The average Bonchev–Trinajstić information content (AvgIpc) is 3.08. The van der Waals surface area contributed by atoms with Crippen LogP contribution in [-0.2, 0) is 33.3 Å². The quantitative estimate of drug-likeness (QED) is 0.301. The second kappa shape index (κ2) is 5.96. The summed E-state index contributed by atoms with van der Waals surface area (Å²) in [7, 11) is 1.47. The molecule has 0 aromatic carbocycles. The molecule has 7 heteroatoms. The van der Waals surface area contributed by atoms with Crippen molar-refractivity contribution in [2.75, 3.05) is 13.9 Å². The summed E-state index contributed by atoms with van der Waals surface area (Å²) < 4.78 is 22.5. The SMILES string of the molecule is C=C1C[C@]23C[C@@]1(OC(C)=O)CC[C@H]2[C@@]12CC=C[C@@](C)(C(=O)O1)[C@H]2[C@@H]3C(=O)OCOC. The van der Waals surface area contributed by atoms with Crippen LogP contribution in [-0.4, -0.2) is 43.0 Å². The van der Waals surface area contributed by atoms with Gasteiger partial charge in [0.2, 0.25) is 0 Å². The molecule has 7 nitrogen and oxygen atoms in total. The van der Waals surface area contributed by atoms with Crippen LogP contribution in [0.1, 0.15) is 46.0 Å². The predicted octanol–water partition coefficient (Wildman–Crippen LogP) is 2.69. The highest BCUT2D eigenvalue weighted by atomic mass is 16.7. The molecule has 0 amide bonds. The molecule has 3 saturated carbocycles. The molecular formula is C23H28O7. The summed E-state index contributed by atoms with van der Waals surface area (Å²) in [6.07, 6.45) is 6.92. The highest BCUT2D eigenvalue weighted by molar-refractivity contribution is 5.87. The maximum Gasteiger partial charge on any atom is 0.316 e. The van der Waals surface area contributed by atoms with Gasteiger partial charge in [-0.3, -0.25) is 14.4 Å². The number of esters is 3. The Bertz CT molecular complexity index is 892. The third-order valence-electron chi connectivity index (χ3n) is 8.58. The maximum atomic E-state index is 13.5. The fraction of sp³-hybridized carbons (Fsp3) is 0.696. The van der Waals surface area contributed by atoms with Gasteiger partial charge in [-0.05, 0) is 43.6 Å². The Hall–Kier alpha value is -2.15. The number of carbonyl (C=O) groups is 3. The van der Waals surface area contributed by atoms with Crippen molar-refractivity contribution in [3.8, 4) is 0 Å². The molecule has 4 fully saturated rings. The zero-order chi connectivity index (χ0) is 21.5. The second-order valence-corrected chi connectivity index (χ2v) is 9.93. The number of hydrogen-bond donors (Lipinski definition) is 0. The molecule has 0 aromatic heterocycles. The molecule has 0 aromatic rings. The summed E-state index contributed by atoms with van der Waals surface area (Å²) in [6.45, 7) is 7.39. The highest BCUT2D eigenvalue weighted by Gasteiger charge is 2.83. The number of ether oxygens (including phenoxy) is 4. The van der Waals surface area contributed by atoms with Crippen LogP contribution in [0.5, 0.6) is 0 Å². The van der Waals surface area contributed by atoms with Crippen molar-refractivity contribution in [1.29, 1.82) is 0 Å². The van der Waals surface area contributed by atoms with Gasteiger partial charge >= 0.3 is 17.9 Å². The minimum Gasteiger partial charge on any atom is -0.457 e. The molecule has 162 valence electrons. The standard InChI is InChI=1S/C23H28O7/c1-13-10-21-11-22(13,29-14(2)24)9-6-15(21)23-8-5-7-20(3,19(26)30-23)17(23)16(21)18(25)28-12-27-4/h5,7,15-17H,1,6,8-12H2,2-4H3/t15-,16-,17-,20-,21+,22+,23-/m1/s1. The first-order valence-corrected chi connectivity index (χ1v) is 10.6. The summed E-state index contributed by atoms with van der Waals surface area (Å²) in [5, 5.41) is 0. The molecule has 1 heterocycles. The van der Waals surface area contributed by atoms with Crippen LogP contribution in [0.3, 0.4) is 0 Å². The first-order chi connectivity index (χ1) is 14.2. The summed E-state index contributed by atoms with van der Waals surface area (Å²) in [4.78, 5) is 38.4. The van der Waals surface area contributed by atoms with E-state index in [0.717, 1.165) is 5.57 Å². The first kappa shape index (κ1) is 19.8. The van der Waals surface area contributed by atoms with E-state index in [-0.39, 0.29) is 36.5 Å². The van der Waals surface area contributed by atoms with Crippen molar-refractivity contribution in [2.45, 2.75) is 57.2 Å². The Labute approximate surface area is 175 Å². The lowest BCUT2D eigenvalue weighted by Crippen LogP contribution is -2.48. The molecule has 1 saturated heterocycles. The Morgan fingerprint density at radius 1 is 1.37 bits per heavy atom. The Morgan fingerprint density at radius 3 is 2.83 bits per heavy atom. The van der Waals surface area contributed by atoms with Gasteiger partial charge in [-0.25, -0.2) is 0 Å². The van der Waals surface area contributed by atoms with Crippen molar-refractivity contribution in [1.82, 2.24) is 0 Å². The van der Waals surface area contributed by atoms with Gasteiger partial charge in [-0.2, -0.15) is 0 Å². The molecule has 0 unspecified atom stereocenters. The molecular weight excluding hydrogens is 388 g/mol. The Balaban J connectivity index is 1.66. The summed E-state index contributed by atoms with van der Waals surface area (Å²) in [5.41, 5.74) is -2.04. The van der Waals surface area contributed by atoms with Crippen molar-refractivity contribution in [3.05, 3.63) is 24.3 Å². The van der Waals surface area contributed by atoms with Gasteiger partial charge in [-0.15, -0.1) is 0 Å². The van der Waals surface area contributed by atoms with Gasteiger partial charge in [0, 0.05) is 32.3 Å². The number of rotatable bonds is 4. The topological polar surface area (TPSA) is 88.1 Å². The zero-order valence-electron chi connectivity index (χ0n) is 17.7. The lowest BCUT2D eigenvalue weighted by molar-refractivity contribution is -0.172. The van der Waals surface area contributed by atoms with Gasteiger partial charge in [0.05, 0.1) is 11.3 Å². The predicted molar refractivity (Wildman–Crippen MR) is 104 cm³/mol. The summed E-state index contributed by atoms with van der Waals surface area (Å²) in [6, 6.07) is 0. The van der Waals surface area contributed by atoms with E-state index in [1.165, 1.54) is 14.0 Å². The van der Waals surface area contributed by atoms with Crippen LogP contribution in [0.15, 0.2) is 24.3 Å². The van der Waals surface area contributed by atoms with E-state index in [2.05, 4.69) is 6.58 Å². The summed E-state index contributed by atoms with van der Waals surface area (Å²) >= 11 is 0. The van der Waals surface area contributed by atoms with Crippen LogP contribution in [0.4, 0.5) is 0 Å². The molecule has 4 aliphatic carbocycles. The largest absolute Gasteiger partial charge is 0.457 e. The zero-order valence-corrected chi connectivity index (χ0v) is 17.7. The molecule has 4 bridgehead atoms. The van der Waals surface area contributed by atoms with E-state index in [0.29, 0.717) is 32.1 Å². The molecule has 0 N–H and O–H groups in total. The van der Waals surface area contributed by atoms with Gasteiger partial charge in [0.15, 0.2) is 6.79 Å². The van der Waals surface area contributed by atoms with Crippen molar-refractivity contribution >= 4 is 17.9 Å². The van der Waals surface area contributed by atoms with Crippen LogP contribution < -0.4 is 0 Å². The molecule has 30 heavy (non-hydrogen) atoms. The van der Waals surface area contributed by atoms with E-state index < -0.39 is 27.9 Å². The summed E-state index contributed by atoms with van der Waals surface area (Å²) in [5.74, 6) is -1.89. The average molecular weight is 416 g/mol. The number of hydrogen-bond acceptors (Lipinski definition) is 7. The Kier molecular flexibility index (Phi) is 3.93. The van der Waals surface area contributed by atoms with E-state index in [1.54, 1.807) is 0 Å². The lowest BCUT2D eigenvalue weighted by Gasteiger charge is -2.46. The fourth-order valence-electron chi connectivity index (χ4n) is 7.83. The van der Waals surface area contributed by atoms with E-state index in [1.807, 2.05) is 19.1 Å². The van der Waals surface area contributed by atoms with E-state index >= 15 is 0 Å². The number of carbonyl (C=O) groups excluding carboxylic acids is 3. The van der Waals surface area contributed by atoms with Crippen LogP contribution >= 0.6 is 0 Å². The first-order valence-electron chi connectivity index (χ1n) is 10.6. The normalized spacial score (nSPS) is 47.5. The molecule has 0 radical (unpaired) electrons. The third kappa shape index (κ3) is 2.12. The van der Waals surface area contributed by atoms with Crippen molar-refractivity contribution < 1.29 is 33.3 Å². The van der Waals surface area contributed by atoms with Crippen molar-refractivity contribution in [3.63, 3.8) is 0 Å². The number of fused-ring (bicyclic) bond motifs is 1. The van der Waals surface area contributed by atoms with Crippen molar-refractivity contribution in [2.24, 2.45) is 28.6 Å². The minimum absolute atomic E-state index is 0.0197. The van der Waals surface area contributed by atoms with Gasteiger partial charge < -0.3 is 18.9 Å². The Morgan fingerprint density at radius 2 is 2.13 bits per heavy atom. The second-order valence-electron chi connectivity index (χ2n) is 9.93. The van der Waals surface area contributed by atoms with Crippen LogP contribution in [0, 0.1) is 28.6 Å². The third-order valence-corrected chi connectivity index (χ3v) is 8.58. The monoisotopic (exact) mass is 416 g/mol. The molecule has 1 spiro atoms. The molecule has 5 aliphatic rings. The van der Waals surface area contributed by atoms with Gasteiger partial charge in [0.1, 0.15) is 11.2 Å². The molecule has 7 atom stereocenters. The fourth-order valence-corrected chi connectivity index (χ4v) is 7.83. The lowest BCUT2D eigenvalue weighted by atomic mass is 9.62.